The van der Waals surface area contributed by atoms with Gasteiger partial charge >= 0.3 is 0 Å². The zero-order chi connectivity index (χ0) is 17.8. The molecule has 25 heavy (non-hydrogen) atoms. The van der Waals surface area contributed by atoms with Gasteiger partial charge in [0.1, 0.15) is 5.58 Å². The molecule has 0 radical (unpaired) electrons. The summed E-state index contributed by atoms with van der Waals surface area (Å²) in [6.45, 7) is 8.80. The third-order valence-electron chi connectivity index (χ3n) is 5.71. The van der Waals surface area contributed by atoms with E-state index < -0.39 is 0 Å². The maximum absolute atomic E-state index is 12.2. The Kier molecular flexibility index (Phi) is 3.26. The molecular formula is C22H21NO2. The van der Waals surface area contributed by atoms with Crippen molar-refractivity contribution in [3.05, 3.63) is 81.7 Å². The number of fused-ring (bicyclic) bond motifs is 2. The van der Waals surface area contributed by atoms with Crippen molar-refractivity contribution in [2.24, 2.45) is 4.99 Å². The summed E-state index contributed by atoms with van der Waals surface area (Å²) >= 11 is 0. The Morgan fingerprint density at radius 3 is 2.52 bits per heavy atom. The highest BCUT2D eigenvalue weighted by Crippen LogP contribution is 2.43. The highest BCUT2D eigenvalue weighted by molar-refractivity contribution is 6.16. The molecule has 0 fully saturated rings. The van der Waals surface area contributed by atoms with Crippen LogP contribution in [0.15, 0.2) is 69.0 Å². The summed E-state index contributed by atoms with van der Waals surface area (Å²) in [5.74, 6) is 0. The largest absolute Gasteiger partial charge is 0.464 e. The third kappa shape index (κ3) is 2.26. The second kappa shape index (κ2) is 5.16. The van der Waals surface area contributed by atoms with Gasteiger partial charge in [-0.2, -0.15) is 0 Å². The Morgan fingerprint density at radius 2 is 1.72 bits per heavy atom. The highest BCUT2D eigenvalue weighted by Gasteiger charge is 2.43. The van der Waals surface area contributed by atoms with Gasteiger partial charge in [-0.15, -0.1) is 0 Å². The Balaban J connectivity index is 2.01. The lowest BCUT2D eigenvalue weighted by Crippen LogP contribution is -2.46. The summed E-state index contributed by atoms with van der Waals surface area (Å²) in [5, 5.41) is 0.586. The maximum atomic E-state index is 12.2. The van der Waals surface area contributed by atoms with Crippen LogP contribution < -0.4 is 5.43 Å². The van der Waals surface area contributed by atoms with Gasteiger partial charge in [0.15, 0.2) is 5.43 Å². The molecular weight excluding hydrogens is 310 g/mol. The quantitative estimate of drug-likeness (QED) is 0.648. The molecule has 0 amide bonds. The van der Waals surface area contributed by atoms with E-state index in [0.717, 1.165) is 16.8 Å². The smallest absolute Gasteiger partial charge is 0.192 e. The van der Waals surface area contributed by atoms with Crippen LogP contribution in [0.25, 0.3) is 11.0 Å². The predicted molar refractivity (Wildman–Crippen MR) is 102 cm³/mol. The van der Waals surface area contributed by atoms with E-state index in [0.29, 0.717) is 11.0 Å². The van der Waals surface area contributed by atoms with Crippen LogP contribution in [0.1, 0.15) is 44.4 Å². The lowest BCUT2D eigenvalue weighted by atomic mass is 9.66. The number of rotatable bonds is 1. The van der Waals surface area contributed by atoms with E-state index in [9.17, 15) is 4.79 Å². The average molecular weight is 331 g/mol. The van der Waals surface area contributed by atoms with Crippen molar-refractivity contribution in [3.8, 4) is 0 Å². The van der Waals surface area contributed by atoms with E-state index in [-0.39, 0.29) is 16.4 Å². The van der Waals surface area contributed by atoms with Gasteiger partial charge < -0.3 is 4.42 Å². The van der Waals surface area contributed by atoms with E-state index in [1.807, 2.05) is 24.3 Å². The molecule has 1 aliphatic rings. The Morgan fingerprint density at radius 1 is 0.960 bits per heavy atom. The SMILES string of the molecule is CC1(C)N=C(c2ccc3occc(=O)c3c2)c2ccccc2C1(C)C. The number of aliphatic imine (C=N–C) groups is 1. The first kappa shape index (κ1) is 15.8. The molecule has 3 aromatic rings. The van der Waals surface area contributed by atoms with Crippen LogP contribution in [-0.2, 0) is 5.41 Å². The van der Waals surface area contributed by atoms with Crippen molar-refractivity contribution in [3.63, 3.8) is 0 Å². The zero-order valence-electron chi connectivity index (χ0n) is 15.0. The minimum atomic E-state index is -0.257. The lowest BCUT2D eigenvalue weighted by molar-refractivity contribution is 0.303. The third-order valence-corrected chi connectivity index (χ3v) is 5.71. The fraction of sp³-hybridized carbons (Fsp3) is 0.273. The second-order valence-electron chi connectivity index (χ2n) is 7.69. The zero-order valence-corrected chi connectivity index (χ0v) is 15.0. The summed E-state index contributed by atoms with van der Waals surface area (Å²) in [6.07, 6.45) is 1.43. The van der Waals surface area contributed by atoms with E-state index in [4.69, 9.17) is 9.41 Å². The Labute approximate surface area is 147 Å². The van der Waals surface area contributed by atoms with Gasteiger partial charge in [-0.25, -0.2) is 0 Å². The number of benzene rings is 2. The maximum Gasteiger partial charge on any atom is 0.192 e. The molecule has 3 nitrogen and oxygen atoms in total. The minimum Gasteiger partial charge on any atom is -0.464 e. The van der Waals surface area contributed by atoms with Gasteiger partial charge in [0.25, 0.3) is 0 Å². The molecule has 0 saturated carbocycles. The van der Waals surface area contributed by atoms with Crippen molar-refractivity contribution >= 4 is 16.7 Å². The molecule has 3 heteroatoms. The second-order valence-corrected chi connectivity index (χ2v) is 7.69. The lowest BCUT2D eigenvalue weighted by Gasteiger charge is -2.44. The van der Waals surface area contributed by atoms with Crippen LogP contribution in [0.2, 0.25) is 0 Å². The van der Waals surface area contributed by atoms with Crippen LogP contribution in [-0.4, -0.2) is 11.3 Å². The first-order valence-corrected chi connectivity index (χ1v) is 8.53. The van der Waals surface area contributed by atoms with Crippen molar-refractivity contribution in [2.45, 2.75) is 38.6 Å². The number of hydrogen-bond donors (Lipinski definition) is 0. The molecule has 0 saturated heterocycles. The van der Waals surface area contributed by atoms with Crippen molar-refractivity contribution in [1.29, 1.82) is 0 Å². The van der Waals surface area contributed by atoms with Crippen LogP contribution in [0.5, 0.6) is 0 Å². The standard InChI is InChI=1S/C22H21NO2/c1-21(2)17-8-6-5-7-15(17)20(23-22(21,3)4)14-9-10-19-16(13-14)18(24)11-12-25-19/h5-13H,1-4H3. The van der Waals surface area contributed by atoms with E-state index >= 15 is 0 Å². The van der Waals surface area contributed by atoms with Gasteiger partial charge in [-0.1, -0.05) is 38.1 Å². The molecule has 0 aliphatic carbocycles. The molecule has 1 aliphatic heterocycles. The molecule has 0 atom stereocenters. The van der Waals surface area contributed by atoms with Crippen molar-refractivity contribution < 1.29 is 4.42 Å². The number of hydrogen-bond acceptors (Lipinski definition) is 3. The molecule has 0 N–H and O–H groups in total. The van der Waals surface area contributed by atoms with Gasteiger partial charge in [-0.05, 0) is 37.6 Å². The highest BCUT2D eigenvalue weighted by atomic mass is 16.3. The van der Waals surface area contributed by atoms with Crippen LogP contribution in [0.3, 0.4) is 0 Å². The summed E-state index contributed by atoms with van der Waals surface area (Å²) in [7, 11) is 0. The van der Waals surface area contributed by atoms with Crippen molar-refractivity contribution in [2.75, 3.05) is 0 Å². The topological polar surface area (TPSA) is 42.6 Å². The summed E-state index contributed by atoms with van der Waals surface area (Å²) in [5.41, 5.74) is 4.52. The molecule has 126 valence electrons. The van der Waals surface area contributed by atoms with Crippen LogP contribution in [0.4, 0.5) is 0 Å². The van der Waals surface area contributed by atoms with Crippen LogP contribution >= 0.6 is 0 Å². The Hall–Kier alpha value is -2.68. The molecule has 2 aromatic carbocycles. The van der Waals surface area contributed by atoms with Gasteiger partial charge in [0, 0.05) is 22.6 Å². The monoisotopic (exact) mass is 331 g/mol. The summed E-state index contributed by atoms with van der Waals surface area (Å²) < 4.78 is 5.44. The first-order valence-electron chi connectivity index (χ1n) is 8.53. The molecule has 1 aromatic heterocycles. The summed E-state index contributed by atoms with van der Waals surface area (Å²) in [4.78, 5) is 17.3. The van der Waals surface area contributed by atoms with E-state index in [1.54, 1.807) is 0 Å². The van der Waals surface area contributed by atoms with Gasteiger partial charge in [0.05, 0.1) is 22.9 Å². The number of nitrogens with zero attached hydrogens (tertiary/aromatic N) is 1. The summed E-state index contributed by atoms with van der Waals surface area (Å²) in [6, 6.07) is 15.6. The molecule has 2 heterocycles. The molecule has 0 bridgehead atoms. The average Bonchev–Trinajstić information content (AvgIpc) is 2.59. The van der Waals surface area contributed by atoms with E-state index in [2.05, 4.69) is 45.9 Å². The van der Waals surface area contributed by atoms with Crippen LogP contribution in [0, 0.1) is 0 Å². The van der Waals surface area contributed by atoms with Crippen molar-refractivity contribution in [1.82, 2.24) is 0 Å². The van der Waals surface area contributed by atoms with Gasteiger partial charge in [0.2, 0.25) is 0 Å². The van der Waals surface area contributed by atoms with Gasteiger partial charge in [-0.3, -0.25) is 9.79 Å². The van der Waals surface area contributed by atoms with E-state index in [1.165, 1.54) is 17.9 Å². The minimum absolute atomic E-state index is 0.0348. The first-order chi connectivity index (χ1) is 11.8. The Bertz CT molecular complexity index is 1070. The molecule has 4 rings (SSSR count). The fourth-order valence-electron chi connectivity index (χ4n) is 3.50. The normalized spacial score (nSPS) is 17.8. The molecule has 0 spiro atoms. The molecule has 0 unspecified atom stereocenters. The fourth-order valence-corrected chi connectivity index (χ4v) is 3.50. The predicted octanol–water partition coefficient (Wildman–Crippen LogP) is 4.70.